The third-order valence-corrected chi connectivity index (χ3v) is 23.4. The van der Waals surface area contributed by atoms with Crippen LogP contribution in [0.5, 0.6) is 5.75 Å². The lowest BCUT2D eigenvalue weighted by Crippen LogP contribution is -2.62. The molecule has 3 aromatic carbocycles. The zero-order valence-electron chi connectivity index (χ0n) is 50.1. The molecule has 426 valence electrons. The summed E-state index contributed by atoms with van der Waals surface area (Å²) in [6.07, 6.45) is 3.65. The number of amides is 3. The molecule has 0 radical (unpaired) electrons. The van der Waals surface area contributed by atoms with E-state index in [9.17, 15) is 9.59 Å². The van der Waals surface area contributed by atoms with Crippen molar-refractivity contribution in [1.82, 2.24) is 35.1 Å². The Hall–Kier alpha value is -5.83. The van der Waals surface area contributed by atoms with Crippen LogP contribution in [0, 0.1) is 23.2 Å². The van der Waals surface area contributed by atoms with E-state index in [1.54, 1.807) is 11.9 Å². The lowest BCUT2D eigenvalue weighted by Gasteiger charge is -2.42. The number of hydrogen-bond acceptors (Lipinski definition) is 9. The molecule has 2 N–H and O–H groups in total. The summed E-state index contributed by atoms with van der Waals surface area (Å²) in [5, 5.41) is 5.85. The molecular formula is C65H91N7O6Si. The van der Waals surface area contributed by atoms with Crippen LogP contribution in [0.3, 0.4) is 0 Å². The Bertz CT molecular complexity index is 2960. The van der Waals surface area contributed by atoms with Crippen molar-refractivity contribution in [3.8, 4) is 28.1 Å². The molecule has 0 aliphatic carbocycles. The topological polar surface area (TPSA) is 138 Å². The molecule has 5 aromatic rings. The maximum Gasteiger partial charge on any atom is 0.324 e. The van der Waals surface area contributed by atoms with E-state index in [2.05, 4.69) is 158 Å². The molecule has 2 aromatic heterocycles. The highest BCUT2D eigenvalue weighted by atomic mass is 28.4. The van der Waals surface area contributed by atoms with Crippen molar-refractivity contribution in [2.75, 3.05) is 33.3 Å². The van der Waals surface area contributed by atoms with Gasteiger partial charge in [-0.15, -0.1) is 0 Å². The van der Waals surface area contributed by atoms with Gasteiger partial charge in [-0.3, -0.25) is 34.1 Å². The zero-order valence-corrected chi connectivity index (χ0v) is 51.1. The van der Waals surface area contributed by atoms with Crippen molar-refractivity contribution in [2.45, 2.75) is 176 Å². The third-order valence-electron chi connectivity index (χ3n) is 17.4. The van der Waals surface area contributed by atoms with Gasteiger partial charge < -0.3 is 23.9 Å². The van der Waals surface area contributed by atoms with Gasteiger partial charge in [0.2, 0.25) is 11.8 Å². The standard InChI is InChI=1S/C65H91N7O6Si/c1-16-71-57-27-26-48-34-52(57)53(60(71)51-24-20-28-66-58(51)40(2)3)35-65(13,14)39-77-64(76)55-25-21-29-72(68-55)63(75)56(32-47-30-49(48)33-50(31-47)78-79(42(6)7,43(8)9)44(10)11)67-61(73)59(41(4)5)69(15)62(74)54-38-70(36-45(54)12)37-46-22-18-17-19-23-46/h17-20,22-24,26-28,30-31,33-34,40-45,54-56,59,68H,16,21,25,29,32,35-39H2,1-15H3,(H,67,73)/t45-,54+,55-,56-,59-/m0/s1. The minimum atomic E-state index is -2.52. The molecule has 3 aliphatic heterocycles. The first-order valence-corrected chi connectivity index (χ1v) is 31.6. The van der Waals surface area contributed by atoms with E-state index < -0.39 is 43.7 Å². The van der Waals surface area contributed by atoms with Crippen LogP contribution in [0.25, 0.3) is 33.3 Å². The number of nitrogens with one attached hydrogen (secondary N) is 2. The number of rotatable bonds is 15. The summed E-state index contributed by atoms with van der Waals surface area (Å²) < 4.78 is 16.2. The second kappa shape index (κ2) is 24.5. The van der Waals surface area contributed by atoms with Crippen LogP contribution >= 0.6 is 0 Å². The van der Waals surface area contributed by atoms with Crippen molar-refractivity contribution in [1.29, 1.82) is 0 Å². The lowest BCUT2D eigenvalue weighted by atomic mass is 9.83. The molecule has 0 spiro atoms. The monoisotopic (exact) mass is 1090 g/mol. The molecule has 8 rings (SSSR count). The summed E-state index contributed by atoms with van der Waals surface area (Å²) >= 11 is 0. The predicted octanol–water partition coefficient (Wildman–Crippen LogP) is 12.0. The number of esters is 1. The first-order chi connectivity index (χ1) is 37.4. The van der Waals surface area contributed by atoms with Gasteiger partial charge in [0.25, 0.3) is 14.2 Å². The molecule has 14 heteroatoms. The molecule has 3 aliphatic rings. The number of hydrazine groups is 1. The van der Waals surface area contributed by atoms with Crippen LogP contribution in [-0.4, -0.2) is 108 Å². The highest BCUT2D eigenvalue weighted by molar-refractivity contribution is 6.78. The number of likely N-dealkylation sites (tertiary alicyclic amines) is 1. The Morgan fingerprint density at radius 1 is 0.899 bits per heavy atom. The maximum absolute atomic E-state index is 15.4. The molecule has 6 bridgehead atoms. The van der Waals surface area contributed by atoms with E-state index in [1.807, 2.05) is 44.3 Å². The minimum Gasteiger partial charge on any atom is -0.543 e. The number of fused-ring (bicyclic) bond motifs is 6. The average molecular weight is 1090 g/mol. The van der Waals surface area contributed by atoms with E-state index in [1.165, 1.54) is 16.1 Å². The number of nitrogens with zero attached hydrogens (tertiary/aromatic N) is 5. The van der Waals surface area contributed by atoms with Crippen molar-refractivity contribution >= 4 is 42.9 Å². The fraction of sp³-hybridized carbons (Fsp3) is 0.554. The number of pyridine rings is 1. The van der Waals surface area contributed by atoms with Gasteiger partial charge in [-0.05, 0) is 125 Å². The predicted molar refractivity (Wildman–Crippen MR) is 320 cm³/mol. The number of carbonyl (C=O) groups is 4. The molecular weight excluding hydrogens is 1000 g/mol. The molecule has 79 heavy (non-hydrogen) atoms. The summed E-state index contributed by atoms with van der Waals surface area (Å²) in [5.74, 6) is -0.862. The normalized spacial score (nSPS) is 20.8. The highest BCUT2D eigenvalue weighted by Crippen LogP contribution is 2.45. The first kappa shape index (κ1) is 59.3. The average Bonchev–Trinajstić information content (AvgIpc) is 4.11. The van der Waals surface area contributed by atoms with E-state index in [-0.39, 0.29) is 48.5 Å². The van der Waals surface area contributed by atoms with E-state index in [0.29, 0.717) is 49.0 Å². The third kappa shape index (κ3) is 12.6. The van der Waals surface area contributed by atoms with Gasteiger partial charge in [-0.25, -0.2) is 5.43 Å². The van der Waals surface area contributed by atoms with Crippen LogP contribution in [0.15, 0.2) is 85.1 Å². The van der Waals surface area contributed by atoms with Gasteiger partial charge in [0, 0.05) is 74.3 Å². The summed E-state index contributed by atoms with van der Waals surface area (Å²) in [6, 6.07) is 24.9. The van der Waals surface area contributed by atoms with E-state index >= 15 is 9.59 Å². The van der Waals surface area contributed by atoms with Gasteiger partial charge in [-0.1, -0.05) is 132 Å². The second-order valence-electron chi connectivity index (χ2n) is 25.6. The van der Waals surface area contributed by atoms with Crippen LogP contribution in [0.2, 0.25) is 16.6 Å². The number of benzene rings is 3. The Morgan fingerprint density at radius 3 is 2.27 bits per heavy atom. The summed E-state index contributed by atoms with van der Waals surface area (Å²) in [5.41, 5.74) is 13.1. The van der Waals surface area contributed by atoms with Gasteiger partial charge in [0.1, 0.15) is 23.9 Å². The van der Waals surface area contributed by atoms with Gasteiger partial charge in [0.05, 0.1) is 23.9 Å². The lowest BCUT2D eigenvalue weighted by molar-refractivity contribution is -0.155. The number of aryl methyl sites for hydroxylation is 1. The second-order valence-corrected chi connectivity index (χ2v) is 31.0. The van der Waals surface area contributed by atoms with Gasteiger partial charge in [-0.2, -0.15) is 0 Å². The SMILES string of the molecule is CCn1c(-c2cccnc2C(C)C)c2c3cc(ccc31)-c1cc(cc(O[Si](C(C)C)(C(C)C)C(C)C)c1)C[C@H](NC(=O)[C@H](C(C)C)N(C)C(=O)[C@@H]1CN(Cc3ccccc3)C[C@@H]1C)C(=O)N1CCC[C@H](N1)C(=O)OCC(C)(C)C2. The summed E-state index contributed by atoms with van der Waals surface area (Å²) in [7, 11) is -0.791. The van der Waals surface area contributed by atoms with Crippen LogP contribution < -0.4 is 15.2 Å². The number of aromatic nitrogens is 2. The Balaban J connectivity index is 1.26. The zero-order chi connectivity index (χ0) is 57.2. The van der Waals surface area contributed by atoms with E-state index in [4.69, 9.17) is 14.1 Å². The van der Waals surface area contributed by atoms with Crippen molar-refractivity contribution in [3.63, 3.8) is 0 Å². The van der Waals surface area contributed by atoms with Gasteiger partial charge >= 0.3 is 5.97 Å². The Morgan fingerprint density at radius 2 is 1.61 bits per heavy atom. The molecule has 3 amide bonds. The number of ether oxygens (including phenoxy) is 1. The minimum absolute atomic E-state index is 0.0832. The summed E-state index contributed by atoms with van der Waals surface area (Å²) in [4.78, 5) is 68.4. The van der Waals surface area contributed by atoms with Crippen molar-refractivity contribution in [2.24, 2.45) is 23.2 Å². The fourth-order valence-electron chi connectivity index (χ4n) is 13.6. The largest absolute Gasteiger partial charge is 0.543 e. The molecule has 13 nitrogen and oxygen atoms in total. The quantitative estimate of drug-likeness (QED) is 0.0775. The number of carbonyl (C=O) groups excluding carboxylic acids is 4. The number of likely N-dealkylation sites (N-methyl/N-ethyl adjacent to an activating group) is 1. The van der Waals surface area contributed by atoms with E-state index in [0.717, 1.165) is 69.9 Å². The molecule has 0 unspecified atom stereocenters. The number of hydrogen-bond donors (Lipinski definition) is 2. The highest BCUT2D eigenvalue weighted by Gasteiger charge is 2.48. The fourth-order valence-corrected chi connectivity index (χ4v) is 18.9. The number of cyclic esters (lactones) is 1. The van der Waals surface area contributed by atoms with Crippen LogP contribution in [0.4, 0.5) is 0 Å². The van der Waals surface area contributed by atoms with Crippen molar-refractivity contribution in [3.05, 3.63) is 107 Å². The molecule has 0 saturated carbocycles. The van der Waals surface area contributed by atoms with Crippen LogP contribution in [0.1, 0.15) is 138 Å². The smallest absolute Gasteiger partial charge is 0.324 e. The Kier molecular flexibility index (Phi) is 18.4. The Labute approximate surface area is 472 Å². The first-order valence-electron chi connectivity index (χ1n) is 29.5. The molecule has 5 atom stereocenters. The molecule has 5 heterocycles. The van der Waals surface area contributed by atoms with Crippen LogP contribution in [-0.2, 0) is 49.8 Å². The molecule has 2 saturated heterocycles. The maximum atomic E-state index is 15.4. The summed E-state index contributed by atoms with van der Waals surface area (Å²) in [6.45, 7) is 33.9. The van der Waals surface area contributed by atoms with Gasteiger partial charge in [0.15, 0.2) is 0 Å². The molecule has 2 fully saturated rings. The van der Waals surface area contributed by atoms with Crippen molar-refractivity contribution < 1.29 is 28.3 Å².